The van der Waals surface area contributed by atoms with Gasteiger partial charge in [-0.05, 0) is 54.8 Å². The first-order valence-corrected chi connectivity index (χ1v) is 8.22. The smallest absolute Gasteiger partial charge is 0.231 e. The van der Waals surface area contributed by atoms with Crippen molar-refractivity contribution in [1.29, 1.82) is 0 Å². The van der Waals surface area contributed by atoms with Crippen LogP contribution < -0.4 is 14.8 Å². The average molecular weight is 413 g/mol. The molecule has 1 aliphatic rings. The van der Waals surface area contributed by atoms with Crippen LogP contribution in [0, 0.1) is 13.8 Å². The standard InChI is InChI=1S/C16H15Br2NO2/c1-9-3-12(4-10(2)16(9)18)19-7-11-5-14-15(6-13(11)17)21-8-20-14/h3-6,19H,7-8H2,1-2H3. The van der Waals surface area contributed by atoms with Crippen molar-refractivity contribution in [2.24, 2.45) is 0 Å². The number of halogens is 2. The molecule has 1 heterocycles. The van der Waals surface area contributed by atoms with E-state index in [1.807, 2.05) is 12.1 Å². The van der Waals surface area contributed by atoms with Crippen LogP contribution in [-0.4, -0.2) is 6.79 Å². The highest BCUT2D eigenvalue weighted by Gasteiger charge is 2.16. The van der Waals surface area contributed by atoms with Crippen molar-refractivity contribution >= 4 is 37.5 Å². The number of rotatable bonds is 3. The van der Waals surface area contributed by atoms with Gasteiger partial charge in [0.05, 0.1) is 0 Å². The Morgan fingerprint density at radius 2 is 1.62 bits per heavy atom. The van der Waals surface area contributed by atoms with Gasteiger partial charge >= 0.3 is 0 Å². The number of hydrogen-bond acceptors (Lipinski definition) is 3. The minimum absolute atomic E-state index is 0.295. The largest absolute Gasteiger partial charge is 0.454 e. The highest BCUT2D eigenvalue weighted by Crippen LogP contribution is 2.37. The quantitative estimate of drug-likeness (QED) is 0.754. The van der Waals surface area contributed by atoms with Gasteiger partial charge < -0.3 is 14.8 Å². The first kappa shape index (κ1) is 14.7. The SMILES string of the molecule is Cc1cc(NCc2cc3c(cc2Br)OCO3)cc(C)c1Br. The fourth-order valence-electron chi connectivity index (χ4n) is 2.34. The molecule has 5 heteroatoms. The summed E-state index contributed by atoms with van der Waals surface area (Å²) >= 11 is 7.17. The van der Waals surface area contributed by atoms with E-state index in [0.29, 0.717) is 6.79 Å². The number of fused-ring (bicyclic) bond motifs is 1. The Morgan fingerprint density at radius 3 is 2.29 bits per heavy atom. The van der Waals surface area contributed by atoms with Crippen molar-refractivity contribution in [1.82, 2.24) is 0 Å². The van der Waals surface area contributed by atoms with Gasteiger partial charge in [-0.2, -0.15) is 0 Å². The number of nitrogens with one attached hydrogen (secondary N) is 1. The molecule has 0 unspecified atom stereocenters. The van der Waals surface area contributed by atoms with E-state index in [-0.39, 0.29) is 0 Å². The second-order valence-electron chi connectivity index (χ2n) is 5.07. The van der Waals surface area contributed by atoms with Crippen LogP contribution in [0.25, 0.3) is 0 Å². The van der Waals surface area contributed by atoms with Crippen LogP contribution in [0.3, 0.4) is 0 Å². The summed E-state index contributed by atoms with van der Waals surface area (Å²) in [5, 5.41) is 3.45. The molecular formula is C16H15Br2NO2. The summed E-state index contributed by atoms with van der Waals surface area (Å²) in [5.41, 5.74) is 4.69. The van der Waals surface area contributed by atoms with Crippen LogP contribution >= 0.6 is 31.9 Å². The zero-order valence-corrected chi connectivity index (χ0v) is 15.0. The molecule has 0 spiro atoms. The Bertz CT molecular complexity index is 678. The van der Waals surface area contributed by atoms with Crippen molar-refractivity contribution in [2.45, 2.75) is 20.4 Å². The van der Waals surface area contributed by atoms with Crippen LogP contribution in [-0.2, 0) is 6.54 Å². The molecule has 1 N–H and O–H groups in total. The lowest BCUT2D eigenvalue weighted by Crippen LogP contribution is -2.01. The van der Waals surface area contributed by atoms with E-state index in [1.165, 1.54) is 11.1 Å². The maximum absolute atomic E-state index is 5.42. The van der Waals surface area contributed by atoms with Crippen molar-refractivity contribution < 1.29 is 9.47 Å². The third kappa shape index (κ3) is 3.04. The monoisotopic (exact) mass is 411 g/mol. The minimum Gasteiger partial charge on any atom is -0.454 e. The van der Waals surface area contributed by atoms with Crippen LogP contribution in [0.5, 0.6) is 11.5 Å². The molecule has 0 radical (unpaired) electrons. The topological polar surface area (TPSA) is 30.5 Å². The van der Waals surface area contributed by atoms with Gasteiger partial charge in [-0.15, -0.1) is 0 Å². The highest BCUT2D eigenvalue weighted by atomic mass is 79.9. The van der Waals surface area contributed by atoms with Gasteiger partial charge in [0.15, 0.2) is 11.5 Å². The molecule has 1 aliphatic heterocycles. The first-order valence-electron chi connectivity index (χ1n) is 6.63. The molecular weight excluding hydrogens is 398 g/mol. The first-order chi connectivity index (χ1) is 10.0. The predicted molar refractivity (Wildman–Crippen MR) is 91.2 cm³/mol. The minimum atomic E-state index is 0.295. The normalized spacial score (nSPS) is 12.6. The summed E-state index contributed by atoms with van der Waals surface area (Å²) in [7, 11) is 0. The zero-order valence-electron chi connectivity index (χ0n) is 11.8. The number of ether oxygens (including phenoxy) is 2. The maximum Gasteiger partial charge on any atom is 0.231 e. The second-order valence-corrected chi connectivity index (χ2v) is 6.72. The van der Waals surface area contributed by atoms with Gasteiger partial charge in [-0.3, -0.25) is 0 Å². The van der Waals surface area contributed by atoms with Crippen molar-refractivity contribution in [3.05, 3.63) is 49.9 Å². The Balaban J connectivity index is 1.79. The summed E-state index contributed by atoms with van der Waals surface area (Å²) in [6.45, 7) is 5.21. The van der Waals surface area contributed by atoms with Gasteiger partial charge in [0.25, 0.3) is 0 Å². The summed E-state index contributed by atoms with van der Waals surface area (Å²) in [4.78, 5) is 0. The molecule has 0 bridgehead atoms. The predicted octanol–water partition coefficient (Wildman–Crippen LogP) is 5.17. The van der Waals surface area contributed by atoms with Gasteiger partial charge in [0.1, 0.15) is 0 Å². The molecule has 0 amide bonds. The molecule has 2 aromatic carbocycles. The zero-order chi connectivity index (χ0) is 15.0. The molecule has 3 nitrogen and oxygen atoms in total. The van der Waals surface area contributed by atoms with Gasteiger partial charge in [0, 0.05) is 21.2 Å². The lowest BCUT2D eigenvalue weighted by atomic mass is 10.1. The molecule has 0 atom stereocenters. The van der Waals surface area contributed by atoms with E-state index < -0.39 is 0 Å². The number of anilines is 1. The maximum atomic E-state index is 5.42. The van der Waals surface area contributed by atoms with Crippen molar-refractivity contribution in [3.63, 3.8) is 0 Å². The van der Waals surface area contributed by atoms with Crippen LogP contribution in [0.15, 0.2) is 33.2 Å². The fraction of sp³-hybridized carbons (Fsp3) is 0.250. The van der Waals surface area contributed by atoms with E-state index in [2.05, 4.69) is 63.2 Å². The lowest BCUT2D eigenvalue weighted by molar-refractivity contribution is 0.174. The molecule has 21 heavy (non-hydrogen) atoms. The summed E-state index contributed by atoms with van der Waals surface area (Å²) in [5.74, 6) is 1.60. The Kier molecular flexibility index (Phi) is 4.13. The van der Waals surface area contributed by atoms with Crippen LogP contribution in [0.1, 0.15) is 16.7 Å². The van der Waals surface area contributed by atoms with E-state index in [4.69, 9.17) is 9.47 Å². The Labute approximate surface area is 140 Å². The molecule has 0 saturated heterocycles. The van der Waals surface area contributed by atoms with E-state index in [9.17, 15) is 0 Å². The van der Waals surface area contributed by atoms with Crippen LogP contribution in [0.4, 0.5) is 5.69 Å². The lowest BCUT2D eigenvalue weighted by Gasteiger charge is -2.12. The third-order valence-electron chi connectivity index (χ3n) is 3.46. The van der Waals surface area contributed by atoms with E-state index in [1.54, 1.807) is 0 Å². The number of benzene rings is 2. The summed E-state index contributed by atoms with van der Waals surface area (Å²) in [6.07, 6.45) is 0. The molecule has 0 fully saturated rings. The number of aryl methyl sites for hydroxylation is 2. The van der Waals surface area contributed by atoms with Gasteiger partial charge in [0.2, 0.25) is 6.79 Å². The molecule has 0 saturated carbocycles. The molecule has 0 aliphatic carbocycles. The average Bonchev–Trinajstić information content (AvgIpc) is 2.89. The summed E-state index contributed by atoms with van der Waals surface area (Å²) in [6, 6.07) is 8.24. The third-order valence-corrected chi connectivity index (χ3v) is 5.45. The second kappa shape index (κ2) is 5.89. The van der Waals surface area contributed by atoms with Crippen molar-refractivity contribution in [2.75, 3.05) is 12.1 Å². The summed E-state index contributed by atoms with van der Waals surface area (Å²) < 4.78 is 13.0. The molecule has 2 aromatic rings. The molecule has 110 valence electrons. The molecule has 0 aromatic heterocycles. The fourth-order valence-corrected chi connectivity index (χ4v) is 3.03. The highest BCUT2D eigenvalue weighted by molar-refractivity contribution is 9.10. The number of hydrogen-bond donors (Lipinski definition) is 1. The van der Waals surface area contributed by atoms with E-state index >= 15 is 0 Å². The van der Waals surface area contributed by atoms with E-state index in [0.717, 1.165) is 38.2 Å². The van der Waals surface area contributed by atoms with Crippen LogP contribution in [0.2, 0.25) is 0 Å². The van der Waals surface area contributed by atoms with Gasteiger partial charge in [-0.25, -0.2) is 0 Å². The van der Waals surface area contributed by atoms with Gasteiger partial charge in [-0.1, -0.05) is 31.9 Å². The Hall–Kier alpha value is -1.20. The van der Waals surface area contributed by atoms with Crippen molar-refractivity contribution in [3.8, 4) is 11.5 Å². The molecule has 3 rings (SSSR count). The Morgan fingerprint density at radius 1 is 1.00 bits per heavy atom.